The van der Waals surface area contributed by atoms with Crippen molar-refractivity contribution in [2.75, 3.05) is 25.9 Å². The van der Waals surface area contributed by atoms with Gasteiger partial charge < -0.3 is 20.7 Å². The molecule has 1 saturated heterocycles. The van der Waals surface area contributed by atoms with E-state index in [2.05, 4.69) is 16.9 Å². The molecule has 0 radical (unpaired) electrons. The number of H-pyrrole nitrogens is 1. The van der Waals surface area contributed by atoms with Crippen molar-refractivity contribution in [2.24, 2.45) is 4.99 Å². The minimum atomic E-state index is -0.0173. The molecule has 1 fully saturated rings. The molecule has 2 heterocycles. The maximum absolute atomic E-state index is 11.9. The third-order valence-electron chi connectivity index (χ3n) is 5.58. The van der Waals surface area contributed by atoms with Crippen molar-refractivity contribution in [2.45, 2.75) is 25.8 Å². The number of hydrogen-bond acceptors (Lipinski definition) is 5. The van der Waals surface area contributed by atoms with Crippen molar-refractivity contribution < 1.29 is 9.90 Å². The number of Topliss-reactive ketones (excluding diaryl/α,β-unsaturated/α-hetero) is 1. The van der Waals surface area contributed by atoms with Crippen molar-refractivity contribution in [3.63, 3.8) is 0 Å². The van der Waals surface area contributed by atoms with E-state index in [0.29, 0.717) is 22.5 Å². The second-order valence-corrected chi connectivity index (χ2v) is 7.80. The van der Waals surface area contributed by atoms with E-state index in [1.165, 1.54) is 0 Å². The molecule has 0 aliphatic carbocycles. The highest BCUT2D eigenvalue weighted by Crippen LogP contribution is 2.32. The van der Waals surface area contributed by atoms with Crippen LogP contribution in [0.15, 0.2) is 47.5 Å². The van der Waals surface area contributed by atoms with E-state index in [9.17, 15) is 9.90 Å². The Balaban J connectivity index is 1.90. The van der Waals surface area contributed by atoms with Crippen molar-refractivity contribution in [3.8, 4) is 5.88 Å². The largest absolute Gasteiger partial charge is 0.494 e. The van der Waals surface area contributed by atoms with Gasteiger partial charge in [-0.2, -0.15) is 0 Å². The van der Waals surface area contributed by atoms with Crippen molar-refractivity contribution in [3.05, 3.63) is 59.2 Å². The van der Waals surface area contributed by atoms with Crippen LogP contribution in [0.1, 0.15) is 41.3 Å². The summed E-state index contributed by atoms with van der Waals surface area (Å²) in [7, 11) is 2.12. The Hall–Kier alpha value is -3.12. The number of aliphatic imine (C=N–C) groups is 1. The van der Waals surface area contributed by atoms with E-state index in [1.54, 1.807) is 13.0 Å². The Morgan fingerprint density at radius 3 is 2.62 bits per heavy atom. The molecule has 6 nitrogen and oxygen atoms in total. The van der Waals surface area contributed by atoms with Gasteiger partial charge in [0, 0.05) is 27.7 Å². The minimum Gasteiger partial charge on any atom is -0.494 e. The highest BCUT2D eigenvalue weighted by atomic mass is 16.3. The van der Waals surface area contributed by atoms with Crippen LogP contribution < -0.4 is 5.73 Å². The van der Waals surface area contributed by atoms with E-state index < -0.39 is 0 Å². The van der Waals surface area contributed by atoms with Gasteiger partial charge in [-0.1, -0.05) is 12.1 Å². The number of hydrogen-bond donors (Lipinski definition) is 3. The number of benzene rings is 2. The first-order chi connectivity index (χ1) is 13.9. The van der Waals surface area contributed by atoms with Crippen molar-refractivity contribution in [1.29, 1.82) is 0 Å². The first kappa shape index (κ1) is 19.2. The third-order valence-corrected chi connectivity index (χ3v) is 5.58. The summed E-state index contributed by atoms with van der Waals surface area (Å²) in [4.78, 5) is 22.3. The number of likely N-dealkylation sites (tertiary alicyclic amines) is 1. The summed E-state index contributed by atoms with van der Waals surface area (Å²) in [6.45, 7) is 3.53. The quantitative estimate of drug-likeness (QED) is 0.360. The van der Waals surface area contributed by atoms with Crippen LogP contribution in [0.3, 0.4) is 0 Å². The number of ketones is 1. The molecule has 4 N–H and O–H groups in total. The monoisotopic (exact) mass is 390 g/mol. The normalized spacial score (nSPS) is 16.4. The Labute approximate surface area is 170 Å². The molecule has 1 aliphatic rings. The number of nitrogens with two attached hydrogens (primary N) is 1. The van der Waals surface area contributed by atoms with Crippen LogP contribution in [0.25, 0.3) is 10.9 Å². The standard InChI is InChI=1S/C23H26N4O2/c1-14(28)15-6-7-20-19(13-15)21(23(29)26-20)22(16-4-3-5-17(24)12-16)25-18-8-10-27(2)11-9-18/h3-7,12-13,18,26,29H,8-11,24H2,1-2H3. The lowest BCUT2D eigenvalue weighted by Crippen LogP contribution is -2.32. The Kier molecular flexibility index (Phi) is 5.11. The summed E-state index contributed by atoms with van der Waals surface area (Å²) in [6, 6.07) is 13.1. The number of rotatable bonds is 4. The van der Waals surface area contributed by atoms with E-state index >= 15 is 0 Å². The number of anilines is 1. The third kappa shape index (κ3) is 3.89. The van der Waals surface area contributed by atoms with Gasteiger partial charge in [-0.25, -0.2) is 0 Å². The smallest absolute Gasteiger partial charge is 0.199 e. The summed E-state index contributed by atoms with van der Waals surface area (Å²) < 4.78 is 0. The average Bonchev–Trinajstić information content (AvgIpc) is 3.02. The molecule has 0 unspecified atom stereocenters. The van der Waals surface area contributed by atoms with Crippen LogP contribution in [0.4, 0.5) is 5.69 Å². The number of nitrogens with one attached hydrogen (secondary N) is 1. The van der Waals surface area contributed by atoms with Gasteiger partial charge in [-0.05, 0) is 70.2 Å². The van der Waals surface area contributed by atoms with Crippen LogP contribution in [0.2, 0.25) is 0 Å². The molecular weight excluding hydrogens is 364 g/mol. The fourth-order valence-corrected chi connectivity index (χ4v) is 3.91. The predicted octanol–water partition coefficient (Wildman–Crippen LogP) is 3.59. The highest BCUT2D eigenvalue weighted by molar-refractivity contribution is 6.22. The number of carbonyl (C=O) groups is 1. The number of nitrogen functional groups attached to an aromatic ring is 1. The maximum Gasteiger partial charge on any atom is 0.199 e. The molecule has 4 rings (SSSR count). The molecule has 29 heavy (non-hydrogen) atoms. The van der Waals surface area contributed by atoms with Gasteiger partial charge in [0.15, 0.2) is 11.7 Å². The van der Waals surface area contributed by atoms with Gasteiger partial charge in [0.1, 0.15) is 0 Å². The summed E-state index contributed by atoms with van der Waals surface area (Å²) >= 11 is 0. The van der Waals surface area contributed by atoms with Crippen molar-refractivity contribution >= 4 is 28.1 Å². The zero-order chi connectivity index (χ0) is 20.5. The summed E-state index contributed by atoms with van der Waals surface area (Å²) in [6.07, 6.45) is 1.92. The molecule has 2 aromatic carbocycles. The molecule has 1 aliphatic heterocycles. The Morgan fingerprint density at radius 2 is 1.93 bits per heavy atom. The number of aromatic nitrogens is 1. The molecule has 3 aromatic rings. The molecule has 0 spiro atoms. The molecule has 1 aromatic heterocycles. The van der Waals surface area contributed by atoms with E-state index in [0.717, 1.165) is 42.4 Å². The van der Waals surface area contributed by atoms with Crippen molar-refractivity contribution in [1.82, 2.24) is 9.88 Å². The van der Waals surface area contributed by atoms with Crippen LogP contribution in [-0.4, -0.2) is 52.7 Å². The van der Waals surface area contributed by atoms with E-state index in [4.69, 9.17) is 10.7 Å². The first-order valence-electron chi connectivity index (χ1n) is 9.90. The zero-order valence-corrected chi connectivity index (χ0v) is 16.8. The van der Waals surface area contributed by atoms with Crippen LogP contribution in [0, 0.1) is 0 Å². The van der Waals surface area contributed by atoms with Gasteiger partial charge in [-0.15, -0.1) is 0 Å². The summed E-state index contributed by atoms with van der Waals surface area (Å²) in [5.74, 6) is 0.0334. The maximum atomic E-state index is 11.9. The topological polar surface area (TPSA) is 94.7 Å². The number of aromatic amines is 1. The highest BCUT2D eigenvalue weighted by Gasteiger charge is 2.22. The lowest BCUT2D eigenvalue weighted by molar-refractivity contribution is 0.101. The zero-order valence-electron chi connectivity index (χ0n) is 16.8. The molecule has 0 bridgehead atoms. The molecular formula is C23H26N4O2. The van der Waals surface area contributed by atoms with Gasteiger partial charge in [0.25, 0.3) is 0 Å². The number of fused-ring (bicyclic) bond motifs is 1. The van der Waals surface area contributed by atoms with Gasteiger partial charge in [-0.3, -0.25) is 9.79 Å². The number of piperidine rings is 1. The molecule has 150 valence electrons. The summed E-state index contributed by atoms with van der Waals surface area (Å²) in [5.41, 5.74) is 10.2. The first-order valence-corrected chi connectivity index (χ1v) is 9.90. The lowest BCUT2D eigenvalue weighted by Gasteiger charge is -2.27. The van der Waals surface area contributed by atoms with Crippen LogP contribution >= 0.6 is 0 Å². The van der Waals surface area contributed by atoms with E-state index in [1.807, 2.05) is 36.4 Å². The SMILES string of the molecule is CC(=O)c1ccc2[nH]c(O)c(C(=NC3CCN(C)CC3)c3cccc(N)c3)c2c1. The van der Waals surface area contributed by atoms with Gasteiger partial charge >= 0.3 is 0 Å². The average molecular weight is 390 g/mol. The second-order valence-electron chi connectivity index (χ2n) is 7.80. The predicted molar refractivity (Wildman–Crippen MR) is 117 cm³/mol. The number of nitrogens with zero attached hydrogens (tertiary/aromatic N) is 2. The molecule has 0 saturated carbocycles. The van der Waals surface area contributed by atoms with E-state index in [-0.39, 0.29) is 17.7 Å². The number of aromatic hydroxyl groups is 1. The molecule has 6 heteroatoms. The minimum absolute atomic E-state index is 0.0173. The molecule has 0 atom stereocenters. The lowest BCUT2D eigenvalue weighted by atomic mass is 9.97. The molecule has 0 amide bonds. The van der Waals surface area contributed by atoms with Crippen LogP contribution in [-0.2, 0) is 0 Å². The Morgan fingerprint density at radius 1 is 1.17 bits per heavy atom. The Bertz CT molecular complexity index is 1090. The van der Waals surface area contributed by atoms with Crippen LogP contribution in [0.5, 0.6) is 5.88 Å². The fourth-order valence-electron chi connectivity index (χ4n) is 3.91. The summed E-state index contributed by atoms with van der Waals surface area (Å²) in [5, 5.41) is 11.6. The second kappa shape index (κ2) is 7.72. The number of carbonyl (C=O) groups excluding carboxylic acids is 1. The van der Waals surface area contributed by atoms with Gasteiger partial charge in [0.2, 0.25) is 0 Å². The fraction of sp³-hybridized carbons (Fsp3) is 0.304. The van der Waals surface area contributed by atoms with Gasteiger partial charge in [0.05, 0.1) is 17.3 Å².